The minimum Gasteiger partial charge on any atom is -0.294 e. The normalized spacial score (nSPS) is 46.0. The number of rotatable bonds is 6. The van der Waals surface area contributed by atoms with Crippen LogP contribution in [-0.4, -0.2) is 46.1 Å². The minimum atomic E-state index is 0.721. The van der Waals surface area contributed by atoms with Crippen molar-refractivity contribution in [3.05, 3.63) is 0 Å². The lowest BCUT2D eigenvalue weighted by Crippen LogP contribution is -2.44. The summed E-state index contributed by atoms with van der Waals surface area (Å²) in [5.41, 5.74) is 0. The summed E-state index contributed by atoms with van der Waals surface area (Å²) in [6.45, 7) is 17.1. The second-order valence-electron chi connectivity index (χ2n) is 10.5. The Morgan fingerprint density at radius 3 is 2.04 bits per heavy atom. The summed E-state index contributed by atoms with van der Waals surface area (Å²) in [7, 11) is 0. The molecule has 2 nitrogen and oxygen atoms in total. The van der Waals surface area contributed by atoms with Crippen molar-refractivity contribution in [1.82, 2.24) is 9.80 Å². The molecule has 0 N–H and O–H groups in total. The van der Waals surface area contributed by atoms with Gasteiger partial charge in [-0.05, 0) is 83.0 Å². The number of likely N-dealkylation sites (tertiary alicyclic amines) is 2. The molecule has 2 saturated heterocycles. The van der Waals surface area contributed by atoms with Gasteiger partial charge in [-0.3, -0.25) is 9.80 Å². The van der Waals surface area contributed by atoms with E-state index in [0.29, 0.717) is 0 Å². The van der Waals surface area contributed by atoms with Crippen LogP contribution in [-0.2, 0) is 0 Å². The molecule has 0 amide bonds. The van der Waals surface area contributed by atoms with E-state index in [9.17, 15) is 0 Å². The molecule has 2 aliphatic heterocycles. The van der Waals surface area contributed by atoms with E-state index in [-0.39, 0.29) is 0 Å². The van der Waals surface area contributed by atoms with Crippen LogP contribution in [0.25, 0.3) is 0 Å². The highest BCUT2D eigenvalue weighted by Gasteiger charge is 2.62. The number of hydrogen-bond acceptors (Lipinski definition) is 2. The number of fused-ring (bicyclic) bond motifs is 2. The Morgan fingerprint density at radius 1 is 0.792 bits per heavy atom. The van der Waals surface area contributed by atoms with Crippen LogP contribution < -0.4 is 0 Å². The predicted molar refractivity (Wildman–Crippen MR) is 102 cm³/mol. The monoisotopic (exact) mass is 332 g/mol. The van der Waals surface area contributed by atoms with Gasteiger partial charge in [-0.2, -0.15) is 0 Å². The lowest BCUT2D eigenvalue weighted by atomic mass is 9.89. The predicted octanol–water partition coefficient (Wildman–Crippen LogP) is 4.64. The number of hydrogen-bond donors (Lipinski definition) is 0. The van der Waals surface area contributed by atoms with Gasteiger partial charge in [0.1, 0.15) is 0 Å². The van der Waals surface area contributed by atoms with Crippen LogP contribution in [0.5, 0.6) is 0 Å². The molecule has 0 aromatic carbocycles. The van der Waals surface area contributed by atoms with E-state index in [0.717, 1.165) is 65.8 Å². The van der Waals surface area contributed by atoms with Crippen LogP contribution in [0.3, 0.4) is 0 Å². The molecule has 0 aromatic rings. The average Bonchev–Trinajstić information content (AvgIpc) is 3.28. The van der Waals surface area contributed by atoms with Gasteiger partial charge in [0.15, 0.2) is 0 Å². The van der Waals surface area contributed by atoms with Gasteiger partial charge in [0.2, 0.25) is 0 Å². The summed E-state index contributed by atoms with van der Waals surface area (Å²) in [6.07, 6.45) is 5.94. The van der Waals surface area contributed by atoms with Crippen LogP contribution in [0.15, 0.2) is 0 Å². The highest BCUT2D eigenvalue weighted by molar-refractivity contribution is 5.15. The second kappa shape index (κ2) is 5.98. The molecular weight excluding hydrogens is 292 g/mol. The zero-order valence-electron chi connectivity index (χ0n) is 17.1. The Hall–Kier alpha value is -0.0800. The molecule has 0 aromatic heterocycles. The van der Waals surface area contributed by atoms with Gasteiger partial charge < -0.3 is 0 Å². The molecular formula is C22H40N2. The molecule has 2 aliphatic carbocycles. The first kappa shape index (κ1) is 17.3. The number of piperidine rings is 2. The first-order valence-corrected chi connectivity index (χ1v) is 10.9. The van der Waals surface area contributed by atoms with E-state index in [1.54, 1.807) is 0 Å². The summed E-state index contributed by atoms with van der Waals surface area (Å²) in [5.74, 6) is 4.78. The summed E-state index contributed by atoms with van der Waals surface area (Å²) < 4.78 is 0. The molecule has 0 radical (unpaired) electrons. The molecule has 4 rings (SSSR count). The summed E-state index contributed by atoms with van der Waals surface area (Å²) >= 11 is 0. The van der Waals surface area contributed by atoms with Crippen LogP contribution in [0.1, 0.15) is 74.1 Å². The Bertz CT molecular complexity index is 471. The lowest BCUT2D eigenvalue weighted by Gasteiger charge is -2.37. The molecule has 8 atom stereocenters. The van der Waals surface area contributed by atoms with Crippen molar-refractivity contribution in [1.29, 1.82) is 0 Å². The fraction of sp³-hybridized carbons (Fsp3) is 1.00. The van der Waals surface area contributed by atoms with E-state index in [2.05, 4.69) is 58.3 Å². The van der Waals surface area contributed by atoms with E-state index in [1.165, 1.54) is 25.7 Å². The van der Waals surface area contributed by atoms with Crippen molar-refractivity contribution in [3.8, 4) is 0 Å². The van der Waals surface area contributed by atoms with Gasteiger partial charge in [0, 0.05) is 36.3 Å². The Labute approximate surface area is 150 Å². The van der Waals surface area contributed by atoms with Gasteiger partial charge in [-0.15, -0.1) is 0 Å². The maximum Gasteiger partial charge on any atom is 0.0165 e. The third-order valence-corrected chi connectivity index (χ3v) is 7.99. The van der Waals surface area contributed by atoms with Crippen molar-refractivity contribution < 1.29 is 0 Å². The van der Waals surface area contributed by atoms with Gasteiger partial charge >= 0.3 is 0 Å². The summed E-state index contributed by atoms with van der Waals surface area (Å²) in [5, 5.41) is 0. The van der Waals surface area contributed by atoms with Gasteiger partial charge in [0.25, 0.3) is 0 Å². The fourth-order valence-corrected chi connectivity index (χ4v) is 6.87. The molecule has 24 heavy (non-hydrogen) atoms. The second-order valence-corrected chi connectivity index (χ2v) is 10.5. The van der Waals surface area contributed by atoms with Crippen LogP contribution >= 0.6 is 0 Å². The summed E-state index contributed by atoms with van der Waals surface area (Å²) in [4.78, 5) is 5.80. The molecule has 4 unspecified atom stereocenters. The largest absolute Gasteiger partial charge is 0.294 e. The van der Waals surface area contributed by atoms with E-state index in [1.807, 2.05) is 0 Å². The van der Waals surface area contributed by atoms with Crippen LogP contribution in [0, 0.1) is 29.6 Å². The van der Waals surface area contributed by atoms with E-state index >= 15 is 0 Å². The lowest BCUT2D eigenvalue weighted by molar-refractivity contribution is 0.101. The van der Waals surface area contributed by atoms with Crippen molar-refractivity contribution >= 4 is 0 Å². The Morgan fingerprint density at radius 2 is 1.46 bits per heavy atom. The Kier molecular flexibility index (Phi) is 4.32. The van der Waals surface area contributed by atoms with Crippen molar-refractivity contribution in [3.63, 3.8) is 0 Å². The fourth-order valence-electron chi connectivity index (χ4n) is 6.87. The van der Waals surface area contributed by atoms with Gasteiger partial charge in [-0.1, -0.05) is 20.8 Å². The zero-order valence-corrected chi connectivity index (χ0v) is 17.1. The average molecular weight is 333 g/mol. The molecule has 2 saturated carbocycles. The standard InChI is InChI=1S/C22H40N2/c1-12(2)19-11-18-17(22(18)24(19)14(5)6)8-15(7)20-9-16-10-21(16)23(20)13(3)4/h12-22H,8-11H2,1-7H3/t15?,16?,17?,18-,19?,20+,21-,22+/m1/s1. The van der Waals surface area contributed by atoms with Crippen molar-refractivity contribution in [2.45, 2.75) is 110 Å². The number of nitrogens with zero attached hydrogens (tertiary/aromatic N) is 2. The molecule has 4 aliphatic rings. The smallest absolute Gasteiger partial charge is 0.0165 e. The third kappa shape index (κ3) is 2.67. The third-order valence-electron chi connectivity index (χ3n) is 7.99. The molecule has 0 bridgehead atoms. The summed E-state index contributed by atoms with van der Waals surface area (Å²) in [6, 6.07) is 5.06. The molecule has 138 valence electrons. The van der Waals surface area contributed by atoms with E-state index in [4.69, 9.17) is 0 Å². The first-order chi connectivity index (χ1) is 11.3. The van der Waals surface area contributed by atoms with Crippen molar-refractivity contribution in [2.24, 2.45) is 29.6 Å². The molecule has 0 spiro atoms. The maximum absolute atomic E-state index is 2.90. The minimum absolute atomic E-state index is 0.721. The molecule has 2 heterocycles. The topological polar surface area (TPSA) is 6.48 Å². The van der Waals surface area contributed by atoms with Crippen molar-refractivity contribution in [2.75, 3.05) is 0 Å². The quantitative estimate of drug-likeness (QED) is 0.699. The highest BCUT2D eigenvalue weighted by Crippen LogP contribution is 2.59. The van der Waals surface area contributed by atoms with Gasteiger partial charge in [0.05, 0.1) is 0 Å². The first-order valence-electron chi connectivity index (χ1n) is 10.9. The van der Waals surface area contributed by atoms with Crippen LogP contribution in [0.2, 0.25) is 0 Å². The molecule has 4 fully saturated rings. The Balaban J connectivity index is 1.38. The maximum atomic E-state index is 2.90. The SMILES string of the molecule is CC(C)C1C[C@@H]2C(CC(C)[C@@H]3CC4C[C@H]4N3C(C)C)[C@@H]2N1C(C)C. The highest BCUT2D eigenvalue weighted by atomic mass is 15.3. The van der Waals surface area contributed by atoms with Crippen LogP contribution in [0.4, 0.5) is 0 Å². The zero-order chi connectivity index (χ0) is 17.3. The molecule has 2 heteroatoms. The van der Waals surface area contributed by atoms with Gasteiger partial charge in [-0.25, -0.2) is 0 Å². The van der Waals surface area contributed by atoms with E-state index < -0.39 is 0 Å².